The molecule has 1 aliphatic heterocycles. The van der Waals surface area contributed by atoms with Gasteiger partial charge in [0.2, 0.25) is 0 Å². The molecule has 3 aromatic rings. The van der Waals surface area contributed by atoms with Crippen LogP contribution in [0.5, 0.6) is 11.5 Å². The van der Waals surface area contributed by atoms with E-state index in [0.717, 1.165) is 21.9 Å². The number of aliphatic hydroxyl groups is 2. The van der Waals surface area contributed by atoms with Crippen LogP contribution in [0.25, 0.3) is 16.8 Å². The molecule has 184 valence electrons. The molecule has 0 saturated heterocycles. The second-order valence-corrected chi connectivity index (χ2v) is 11.1. The van der Waals surface area contributed by atoms with Gasteiger partial charge in [0.05, 0.1) is 18.5 Å². The number of fused-ring (bicyclic) bond motifs is 1. The Balaban J connectivity index is 1.52. The molecule has 0 fully saturated rings. The molecule has 0 radical (unpaired) electrons. The Labute approximate surface area is 205 Å². The molecule has 2 atom stereocenters. The number of rotatable bonds is 9. The fourth-order valence-corrected chi connectivity index (χ4v) is 6.49. The van der Waals surface area contributed by atoms with E-state index < -0.39 is 27.8 Å². The number of para-hydroxylation sites is 1. The average molecular weight is 495 g/mol. The molecule has 0 spiro atoms. The molecule has 0 aliphatic carbocycles. The van der Waals surface area contributed by atoms with E-state index in [2.05, 4.69) is 0 Å². The second-order valence-electron chi connectivity index (χ2n) is 8.90. The van der Waals surface area contributed by atoms with Crippen molar-refractivity contribution in [1.29, 1.82) is 0 Å². The molecule has 0 amide bonds. The van der Waals surface area contributed by atoms with E-state index in [1.807, 2.05) is 61.5 Å². The smallest absolute Gasteiger partial charge is 0.163 e. The summed E-state index contributed by atoms with van der Waals surface area (Å²) in [5.41, 5.74) is 2.82. The molecular weight excluding hydrogens is 464 g/mol. The summed E-state index contributed by atoms with van der Waals surface area (Å²) in [6.45, 7) is 1.43. The zero-order chi connectivity index (χ0) is 25.0. The van der Waals surface area contributed by atoms with Gasteiger partial charge in [-0.1, -0.05) is 60.2 Å². The lowest BCUT2D eigenvalue weighted by atomic mass is 9.95. The number of benzene rings is 3. The third-order valence-electron chi connectivity index (χ3n) is 6.39. The topological polar surface area (TPSA) is 104 Å². The maximum atomic E-state index is 12.7. The first kappa shape index (κ1) is 25.0. The summed E-state index contributed by atoms with van der Waals surface area (Å²) >= 11 is 0. The number of phenols is 1. The minimum atomic E-state index is -3.60. The first-order chi connectivity index (χ1) is 16.8. The number of aromatic hydroxyl groups is 1. The number of aliphatic hydroxyl groups excluding tert-OH is 2. The van der Waals surface area contributed by atoms with Gasteiger partial charge in [-0.15, -0.1) is 0 Å². The van der Waals surface area contributed by atoms with Gasteiger partial charge in [-0.2, -0.15) is 0 Å². The van der Waals surface area contributed by atoms with Crippen molar-refractivity contribution in [2.45, 2.75) is 31.1 Å². The zero-order valence-electron chi connectivity index (χ0n) is 19.6. The van der Waals surface area contributed by atoms with Crippen molar-refractivity contribution in [1.82, 2.24) is 0 Å². The van der Waals surface area contributed by atoms with Gasteiger partial charge < -0.3 is 20.1 Å². The quantitative estimate of drug-likeness (QED) is 0.384. The first-order valence-electron chi connectivity index (χ1n) is 11.6. The fourth-order valence-electron chi connectivity index (χ4n) is 4.61. The maximum Gasteiger partial charge on any atom is 0.163 e. The van der Waals surface area contributed by atoms with E-state index in [0.29, 0.717) is 29.7 Å². The highest BCUT2D eigenvalue weighted by Gasteiger charge is 2.41. The van der Waals surface area contributed by atoms with Crippen molar-refractivity contribution in [2.75, 3.05) is 19.0 Å². The van der Waals surface area contributed by atoms with E-state index in [1.54, 1.807) is 18.2 Å². The minimum absolute atomic E-state index is 0.0421. The van der Waals surface area contributed by atoms with Crippen LogP contribution < -0.4 is 4.74 Å². The summed E-state index contributed by atoms with van der Waals surface area (Å²) in [5.74, 6) is 0.602. The van der Waals surface area contributed by atoms with Gasteiger partial charge in [-0.05, 0) is 60.1 Å². The Morgan fingerprint density at radius 2 is 1.74 bits per heavy atom. The van der Waals surface area contributed by atoms with Crippen LogP contribution in [0.15, 0.2) is 83.4 Å². The summed E-state index contributed by atoms with van der Waals surface area (Å²) in [6, 6.07) is 20.2. The lowest BCUT2D eigenvalue weighted by Crippen LogP contribution is -2.29. The Kier molecular flexibility index (Phi) is 7.60. The van der Waals surface area contributed by atoms with Crippen molar-refractivity contribution in [2.24, 2.45) is 0 Å². The molecule has 3 N–H and O–H groups in total. The van der Waals surface area contributed by atoms with Crippen molar-refractivity contribution >= 4 is 26.7 Å². The van der Waals surface area contributed by atoms with Crippen molar-refractivity contribution < 1.29 is 28.5 Å². The number of hydrogen-bond acceptors (Lipinski definition) is 6. The van der Waals surface area contributed by atoms with E-state index in [-0.39, 0.29) is 18.1 Å². The Hall–Kier alpha value is -3.13. The minimum Gasteiger partial charge on any atom is -0.507 e. The summed E-state index contributed by atoms with van der Waals surface area (Å²) in [7, 11) is -3.60. The van der Waals surface area contributed by atoms with Gasteiger partial charge >= 0.3 is 0 Å². The van der Waals surface area contributed by atoms with Crippen molar-refractivity contribution in [3.8, 4) is 11.5 Å². The Bertz CT molecular complexity index is 1360. The number of allylic oxidation sites excluding steroid dienone is 1. The highest BCUT2D eigenvalue weighted by Crippen LogP contribution is 2.33. The van der Waals surface area contributed by atoms with Crippen molar-refractivity contribution in [3.63, 3.8) is 0 Å². The van der Waals surface area contributed by atoms with Gasteiger partial charge in [0.15, 0.2) is 9.84 Å². The van der Waals surface area contributed by atoms with Gasteiger partial charge in [0.25, 0.3) is 0 Å². The molecule has 6 nitrogen and oxygen atoms in total. The zero-order valence-corrected chi connectivity index (χ0v) is 20.4. The van der Waals surface area contributed by atoms with Crippen LogP contribution in [0.4, 0.5) is 0 Å². The van der Waals surface area contributed by atoms with Crippen LogP contribution in [0.2, 0.25) is 0 Å². The summed E-state index contributed by atoms with van der Waals surface area (Å²) < 4.78 is 31.1. The van der Waals surface area contributed by atoms with Gasteiger partial charge in [-0.25, -0.2) is 8.42 Å². The maximum absolute atomic E-state index is 12.7. The monoisotopic (exact) mass is 494 g/mol. The van der Waals surface area contributed by atoms with E-state index in [4.69, 9.17) is 4.74 Å². The van der Waals surface area contributed by atoms with Gasteiger partial charge in [-0.3, -0.25) is 0 Å². The molecule has 0 bridgehead atoms. The van der Waals surface area contributed by atoms with Crippen LogP contribution in [-0.2, 0) is 9.84 Å². The fraction of sp³-hybridized carbons (Fsp3) is 0.286. The second kappa shape index (κ2) is 10.6. The lowest BCUT2D eigenvalue weighted by molar-refractivity contribution is 0.187. The van der Waals surface area contributed by atoms with Crippen LogP contribution in [0.3, 0.4) is 0 Å². The molecule has 4 rings (SSSR count). The first-order valence-corrected chi connectivity index (χ1v) is 13.3. The average Bonchev–Trinajstić information content (AvgIpc) is 3.13. The van der Waals surface area contributed by atoms with E-state index in [9.17, 15) is 23.7 Å². The number of sulfone groups is 1. The largest absolute Gasteiger partial charge is 0.507 e. The molecule has 0 saturated carbocycles. The standard InChI is InChI=1S/C28H30O6S/c1-19(15-20-12-14-25(30)24-10-6-5-9-23(20)24)11-13-26(31)28-21(18-35(32,33)27(28)16-29)17-34-22-7-3-2-4-8-22/h2-10,12,14-15,26-27,29-31H,11,13,16-18H2,1H3/b19-15+/t26-,27+/m1/s1. The van der Waals surface area contributed by atoms with Gasteiger partial charge in [0, 0.05) is 5.39 Å². The predicted molar refractivity (Wildman–Crippen MR) is 138 cm³/mol. The lowest BCUT2D eigenvalue weighted by Gasteiger charge is -2.19. The Morgan fingerprint density at radius 3 is 2.46 bits per heavy atom. The molecule has 1 aliphatic rings. The number of phenolic OH excluding ortho intramolecular Hbond substituents is 1. The third-order valence-corrected chi connectivity index (χ3v) is 8.41. The highest BCUT2D eigenvalue weighted by atomic mass is 32.2. The Morgan fingerprint density at radius 1 is 1.06 bits per heavy atom. The number of ether oxygens (including phenoxy) is 1. The summed E-state index contributed by atoms with van der Waals surface area (Å²) in [5, 5.41) is 31.5. The molecule has 0 unspecified atom stereocenters. The SMILES string of the molecule is C/C(=C\c1ccc(O)c2ccccc12)CC[C@@H](O)C1=C(COc2ccccc2)CS(=O)(=O)[C@H]1CO. The molecular formula is C28H30O6S. The van der Waals surface area contributed by atoms with Crippen LogP contribution in [0.1, 0.15) is 25.3 Å². The molecule has 0 aromatic heterocycles. The van der Waals surface area contributed by atoms with Crippen LogP contribution in [0, 0.1) is 0 Å². The van der Waals surface area contributed by atoms with Gasteiger partial charge in [0.1, 0.15) is 23.4 Å². The van der Waals surface area contributed by atoms with E-state index in [1.165, 1.54) is 0 Å². The van der Waals surface area contributed by atoms with Crippen LogP contribution >= 0.6 is 0 Å². The predicted octanol–water partition coefficient (Wildman–Crippen LogP) is 4.25. The molecule has 3 aromatic carbocycles. The highest BCUT2D eigenvalue weighted by molar-refractivity contribution is 7.92. The third kappa shape index (κ3) is 5.59. The normalized spacial score (nSPS) is 18.7. The van der Waals surface area contributed by atoms with Crippen LogP contribution in [-0.4, -0.2) is 54.1 Å². The molecule has 35 heavy (non-hydrogen) atoms. The number of hydrogen-bond donors (Lipinski definition) is 3. The summed E-state index contributed by atoms with van der Waals surface area (Å²) in [6.07, 6.45) is 1.84. The van der Waals surface area contributed by atoms with Crippen molar-refractivity contribution in [3.05, 3.63) is 89.0 Å². The summed E-state index contributed by atoms with van der Waals surface area (Å²) in [4.78, 5) is 0. The molecule has 7 heteroatoms. The molecule has 1 heterocycles. The van der Waals surface area contributed by atoms with E-state index >= 15 is 0 Å².